The van der Waals surface area contributed by atoms with Crippen LogP contribution in [0.25, 0.3) is 6.08 Å². The number of aliphatic imine (C=N–C) groups is 1. The van der Waals surface area contributed by atoms with E-state index in [1.165, 1.54) is 28.8 Å². The van der Waals surface area contributed by atoms with E-state index in [0.717, 1.165) is 0 Å². The second-order valence-corrected chi connectivity index (χ2v) is 6.61. The van der Waals surface area contributed by atoms with E-state index in [1.807, 2.05) is 0 Å². The molecule has 1 saturated heterocycles. The first-order valence-corrected chi connectivity index (χ1v) is 8.40. The van der Waals surface area contributed by atoms with E-state index in [0.29, 0.717) is 26.3 Å². The summed E-state index contributed by atoms with van der Waals surface area (Å²) in [5.74, 6) is -0.254. The molecule has 0 aromatic heterocycles. The molecule has 0 saturated carbocycles. The van der Waals surface area contributed by atoms with Crippen LogP contribution in [0.5, 0.6) is 0 Å². The molecule has 6 nitrogen and oxygen atoms in total. The number of hydrogen-bond donors (Lipinski definition) is 0. The highest BCUT2D eigenvalue weighted by Crippen LogP contribution is 2.34. The van der Waals surface area contributed by atoms with Crippen LogP contribution in [0.2, 0.25) is 5.02 Å². The Hall–Kier alpha value is -2.64. The first-order valence-electron chi connectivity index (χ1n) is 7.21. The summed E-state index contributed by atoms with van der Waals surface area (Å²) in [6, 6.07) is 13.2. The number of nitro benzene ring substituents is 1. The largest absolute Gasteiger partial charge is 0.290 e. The van der Waals surface area contributed by atoms with Crippen LogP contribution in [0.3, 0.4) is 0 Å². The highest BCUT2D eigenvalue weighted by atomic mass is 35.5. The second-order valence-electron chi connectivity index (χ2n) is 5.16. The van der Waals surface area contributed by atoms with E-state index in [9.17, 15) is 14.9 Å². The lowest BCUT2D eigenvalue weighted by molar-refractivity contribution is -0.385. The third-order valence-corrected chi connectivity index (χ3v) is 4.79. The molecule has 1 fully saturated rings. The molecule has 126 valence electrons. The Labute approximate surface area is 153 Å². The zero-order chi connectivity index (χ0) is 18.0. The predicted molar refractivity (Wildman–Crippen MR) is 100.0 cm³/mol. The number of amides is 1. The lowest BCUT2D eigenvalue weighted by atomic mass is 10.1. The number of halogens is 1. The standard InChI is InChI=1S/C17H12ClN3O3S/c1-20-16(22)15(10-11-4-2-3-5-14(11)21(23)24)25-17(20)19-13-8-6-12(18)7-9-13/h2-10H,1H3. The van der Waals surface area contributed by atoms with Crippen LogP contribution in [-0.4, -0.2) is 27.9 Å². The van der Waals surface area contributed by atoms with E-state index < -0.39 is 4.92 Å². The molecule has 1 amide bonds. The quantitative estimate of drug-likeness (QED) is 0.451. The van der Waals surface area contributed by atoms with Crippen molar-refractivity contribution >= 4 is 51.9 Å². The molecule has 0 atom stereocenters. The van der Waals surface area contributed by atoms with Gasteiger partial charge in [0, 0.05) is 18.1 Å². The van der Waals surface area contributed by atoms with Crippen molar-refractivity contribution in [3.8, 4) is 0 Å². The van der Waals surface area contributed by atoms with Crippen molar-refractivity contribution in [2.75, 3.05) is 7.05 Å². The number of rotatable bonds is 3. The molecule has 0 radical (unpaired) electrons. The number of thioether (sulfide) groups is 1. The molecule has 0 unspecified atom stereocenters. The summed E-state index contributed by atoms with van der Waals surface area (Å²) in [7, 11) is 1.62. The Morgan fingerprint density at radius 2 is 1.88 bits per heavy atom. The zero-order valence-electron chi connectivity index (χ0n) is 13.0. The molecule has 25 heavy (non-hydrogen) atoms. The van der Waals surface area contributed by atoms with E-state index in [1.54, 1.807) is 49.5 Å². The van der Waals surface area contributed by atoms with Crippen LogP contribution >= 0.6 is 23.4 Å². The number of carbonyl (C=O) groups excluding carboxylic acids is 1. The normalized spacial score (nSPS) is 17.5. The summed E-state index contributed by atoms with van der Waals surface area (Å²) in [6.07, 6.45) is 1.52. The molecular weight excluding hydrogens is 362 g/mol. The molecule has 0 bridgehead atoms. The lowest BCUT2D eigenvalue weighted by Crippen LogP contribution is -2.23. The maximum atomic E-state index is 12.4. The fourth-order valence-corrected chi connectivity index (χ4v) is 3.30. The Bertz CT molecular complexity index is 910. The molecule has 0 spiro atoms. The van der Waals surface area contributed by atoms with Gasteiger partial charge in [-0.1, -0.05) is 23.7 Å². The number of nitro groups is 1. The van der Waals surface area contributed by atoms with Crippen LogP contribution in [0, 0.1) is 10.1 Å². The van der Waals surface area contributed by atoms with Gasteiger partial charge in [-0.25, -0.2) is 4.99 Å². The molecule has 8 heteroatoms. The Kier molecular flexibility index (Phi) is 4.87. The van der Waals surface area contributed by atoms with Crippen molar-refractivity contribution < 1.29 is 9.72 Å². The van der Waals surface area contributed by atoms with Crippen molar-refractivity contribution in [1.82, 2.24) is 4.90 Å². The van der Waals surface area contributed by atoms with Gasteiger partial charge in [0.15, 0.2) is 5.17 Å². The van der Waals surface area contributed by atoms with Gasteiger partial charge >= 0.3 is 0 Å². The predicted octanol–water partition coefficient (Wildman–Crippen LogP) is 4.48. The van der Waals surface area contributed by atoms with E-state index in [2.05, 4.69) is 4.99 Å². The maximum absolute atomic E-state index is 12.4. The molecule has 2 aromatic carbocycles. The molecule has 3 rings (SSSR count). The van der Waals surface area contributed by atoms with Crippen LogP contribution in [0.4, 0.5) is 11.4 Å². The van der Waals surface area contributed by atoms with Crippen LogP contribution in [-0.2, 0) is 4.79 Å². The number of likely N-dealkylation sites (N-methyl/N-ethyl adjacent to an activating group) is 1. The molecule has 2 aromatic rings. The Morgan fingerprint density at radius 1 is 1.20 bits per heavy atom. The molecule has 1 aliphatic rings. The molecule has 0 aliphatic carbocycles. The van der Waals surface area contributed by atoms with Crippen molar-refractivity contribution in [2.24, 2.45) is 4.99 Å². The zero-order valence-corrected chi connectivity index (χ0v) is 14.6. The summed E-state index contributed by atoms with van der Waals surface area (Å²) >= 11 is 7.02. The fraction of sp³-hybridized carbons (Fsp3) is 0.0588. The number of benzene rings is 2. The minimum Gasteiger partial charge on any atom is -0.290 e. The van der Waals surface area contributed by atoms with Gasteiger partial charge in [0.2, 0.25) is 0 Å². The minimum atomic E-state index is -0.469. The summed E-state index contributed by atoms with van der Waals surface area (Å²) in [6.45, 7) is 0. The van der Waals surface area contributed by atoms with Crippen molar-refractivity contribution in [3.63, 3.8) is 0 Å². The highest BCUT2D eigenvalue weighted by molar-refractivity contribution is 8.18. The van der Waals surface area contributed by atoms with Gasteiger partial charge in [0.25, 0.3) is 11.6 Å². The third kappa shape index (κ3) is 3.72. The first kappa shape index (κ1) is 17.2. The number of para-hydroxylation sites is 1. The highest BCUT2D eigenvalue weighted by Gasteiger charge is 2.31. The number of nitrogens with zero attached hydrogens (tertiary/aromatic N) is 3. The molecule has 1 heterocycles. The van der Waals surface area contributed by atoms with Gasteiger partial charge in [-0.05, 0) is 48.2 Å². The summed E-state index contributed by atoms with van der Waals surface area (Å²) < 4.78 is 0. The average Bonchev–Trinajstić information content (AvgIpc) is 2.85. The minimum absolute atomic E-state index is 0.0471. The number of carbonyl (C=O) groups is 1. The molecule has 0 N–H and O–H groups in total. The van der Waals surface area contributed by atoms with Crippen LogP contribution in [0.1, 0.15) is 5.56 Å². The van der Waals surface area contributed by atoms with Crippen molar-refractivity contribution in [1.29, 1.82) is 0 Å². The van der Waals surface area contributed by atoms with Gasteiger partial charge in [-0.3, -0.25) is 19.8 Å². The first-order chi connectivity index (χ1) is 12.0. The Balaban J connectivity index is 1.94. The number of hydrogen-bond acceptors (Lipinski definition) is 5. The smallest absolute Gasteiger partial charge is 0.276 e. The molecule has 1 aliphatic heterocycles. The van der Waals surface area contributed by atoms with Gasteiger partial charge in [0.1, 0.15) is 0 Å². The van der Waals surface area contributed by atoms with Gasteiger partial charge < -0.3 is 0 Å². The maximum Gasteiger partial charge on any atom is 0.276 e. The second kappa shape index (κ2) is 7.08. The SMILES string of the molecule is CN1C(=O)C(=Cc2ccccc2[N+](=O)[O-])SC1=Nc1ccc(Cl)cc1. The fourth-order valence-electron chi connectivity index (χ4n) is 2.19. The van der Waals surface area contributed by atoms with Crippen LogP contribution in [0.15, 0.2) is 58.4 Å². The Morgan fingerprint density at radius 3 is 2.56 bits per heavy atom. The summed E-state index contributed by atoms with van der Waals surface area (Å²) in [5, 5.41) is 12.2. The number of amidine groups is 1. The lowest BCUT2D eigenvalue weighted by Gasteiger charge is -2.07. The van der Waals surface area contributed by atoms with Gasteiger partial charge in [0.05, 0.1) is 21.1 Å². The van der Waals surface area contributed by atoms with Crippen LogP contribution < -0.4 is 0 Å². The third-order valence-electron chi connectivity index (χ3n) is 3.48. The topological polar surface area (TPSA) is 75.8 Å². The average molecular weight is 374 g/mol. The molecular formula is C17H12ClN3O3S. The van der Waals surface area contributed by atoms with Gasteiger partial charge in [-0.15, -0.1) is 0 Å². The van der Waals surface area contributed by atoms with Gasteiger partial charge in [-0.2, -0.15) is 0 Å². The van der Waals surface area contributed by atoms with E-state index >= 15 is 0 Å². The summed E-state index contributed by atoms with van der Waals surface area (Å²) in [5.41, 5.74) is 0.997. The van der Waals surface area contributed by atoms with E-state index in [-0.39, 0.29) is 11.6 Å². The summed E-state index contributed by atoms with van der Waals surface area (Å²) in [4.78, 5) is 29.3. The van der Waals surface area contributed by atoms with E-state index in [4.69, 9.17) is 11.6 Å². The monoisotopic (exact) mass is 373 g/mol. The van der Waals surface area contributed by atoms with Crippen molar-refractivity contribution in [3.05, 3.63) is 74.1 Å². The van der Waals surface area contributed by atoms with Crippen molar-refractivity contribution in [2.45, 2.75) is 0 Å².